The summed E-state index contributed by atoms with van der Waals surface area (Å²) in [7, 11) is -3.33. The maximum Gasteiger partial charge on any atom is 0.210 e. The number of nitrogens with one attached hydrogen (secondary N) is 1. The van der Waals surface area contributed by atoms with Crippen LogP contribution in [0.3, 0.4) is 0 Å². The summed E-state index contributed by atoms with van der Waals surface area (Å²) in [6.45, 7) is 5.91. The summed E-state index contributed by atoms with van der Waals surface area (Å²) in [5.41, 5.74) is 0.395. The highest BCUT2D eigenvalue weighted by Crippen LogP contribution is 2.42. The molecule has 0 bridgehead atoms. The third-order valence-electron chi connectivity index (χ3n) is 3.57. The van der Waals surface area contributed by atoms with E-state index in [1.165, 1.54) is 32.1 Å². The Hall–Kier alpha value is -0.130. The summed E-state index contributed by atoms with van der Waals surface area (Å²) in [5, 5.41) is 8.25. The minimum absolute atomic E-state index is 0.0325. The van der Waals surface area contributed by atoms with Gasteiger partial charge in [-0.05, 0) is 30.6 Å². The average Bonchev–Trinajstić information content (AvgIpc) is 2.59. The van der Waals surface area contributed by atoms with Crippen molar-refractivity contribution in [1.82, 2.24) is 5.32 Å². The van der Waals surface area contributed by atoms with E-state index < -0.39 is 10.0 Å². The van der Waals surface area contributed by atoms with E-state index in [9.17, 15) is 8.42 Å². The second-order valence-electron chi connectivity index (χ2n) is 5.85. The highest BCUT2D eigenvalue weighted by molar-refractivity contribution is 7.89. The summed E-state index contributed by atoms with van der Waals surface area (Å²) in [4.78, 5) is 0. The van der Waals surface area contributed by atoms with E-state index in [4.69, 9.17) is 5.14 Å². The van der Waals surface area contributed by atoms with Crippen LogP contribution in [-0.2, 0) is 10.0 Å². The van der Waals surface area contributed by atoms with Crippen LogP contribution in [0.15, 0.2) is 0 Å². The van der Waals surface area contributed by atoms with Crippen molar-refractivity contribution in [3.63, 3.8) is 0 Å². The third kappa shape index (κ3) is 5.84. The van der Waals surface area contributed by atoms with Crippen molar-refractivity contribution >= 4 is 10.0 Å². The van der Waals surface area contributed by atoms with Crippen molar-refractivity contribution in [2.24, 2.45) is 16.5 Å². The van der Waals surface area contributed by atoms with Crippen LogP contribution in [0.1, 0.15) is 46.0 Å². The molecule has 0 atom stereocenters. The molecule has 102 valence electrons. The summed E-state index contributed by atoms with van der Waals surface area (Å²) >= 11 is 0. The summed E-state index contributed by atoms with van der Waals surface area (Å²) in [6, 6.07) is 0. The Balaban J connectivity index is 2.35. The maximum absolute atomic E-state index is 10.8. The van der Waals surface area contributed by atoms with Gasteiger partial charge < -0.3 is 5.32 Å². The van der Waals surface area contributed by atoms with Crippen molar-refractivity contribution in [1.29, 1.82) is 0 Å². The molecule has 17 heavy (non-hydrogen) atoms. The van der Waals surface area contributed by atoms with Gasteiger partial charge in [-0.25, -0.2) is 13.6 Å². The zero-order valence-electron chi connectivity index (χ0n) is 11.0. The first-order valence-corrected chi connectivity index (χ1v) is 8.26. The van der Waals surface area contributed by atoms with Crippen LogP contribution in [0.4, 0.5) is 0 Å². The Morgan fingerprint density at radius 3 is 2.35 bits per heavy atom. The van der Waals surface area contributed by atoms with Crippen molar-refractivity contribution in [2.75, 3.05) is 18.8 Å². The molecule has 1 fully saturated rings. The van der Waals surface area contributed by atoms with Gasteiger partial charge in [-0.2, -0.15) is 0 Å². The van der Waals surface area contributed by atoms with Gasteiger partial charge >= 0.3 is 0 Å². The Labute approximate surface area is 105 Å². The molecule has 5 heteroatoms. The van der Waals surface area contributed by atoms with Gasteiger partial charge in [-0.3, -0.25) is 0 Å². The molecule has 0 heterocycles. The van der Waals surface area contributed by atoms with E-state index in [0.717, 1.165) is 6.54 Å². The zero-order chi connectivity index (χ0) is 12.9. The lowest BCUT2D eigenvalue weighted by Gasteiger charge is -2.31. The molecule has 0 saturated heterocycles. The third-order valence-corrected chi connectivity index (χ3v) is 4.34. The van der Waals surface area contributed by atoms with Crippen LogP contribution in [-0.4, -0.2) is 27.3 Å². The predicted molar refractivity (Wildman–Crippen MR) is 71.2 cm³/mol. The summed E-state index contributed by atoms with van der Waals surface area (Å²) < 4.78 is 21.6. The zero-order valence-corrected chi connectivity index (χ0v) is 11.9. The monoisotopic (exact) mass is 262 g/mol. The molecule has 3 N–H and O–H groups in total. The quantitative estimate of drug-likeness (QED) is 0.682. The van der Waals surface area contributed by atoms with Crippen LogP contribution >= 0.6 is 0 Å². The smallest absolute Gasteiger partial charge is 0.210 e. The standard InChI is InChI=1S/C12H26N2O2S/c1-11(2)9-12(5-3-4-6-12)10-14-7-8-17(13,15)16/h11,14H,3-10H2,1-2H3,(H2,13,15,16). The first kappa shape index (κ1) is 14.9. The average molecular weight is 262 g/mol. The molecule has 0 amide bonds. The molecule has 0 radical (unpaired) electrons. The number of rotatable bonds is 7. The molecule has 1 saturated carbocycles. The molecule has 1 aliphatic carbocycles. The fraction of sp³-hybridized carbons (Fsp3) is 1.00. The second-order valence-corrected chi connectivity index (χ2v) is 7.58. The summed E-state index contributed by atoms with van der Waals surface area (Å²) in [5.74, 6) is 0.734. The number of nitrogens with two attached hydrogens (primary N) is 1. The lowest BCUT2D eigenvalue weighted by atomic mass is 9.78. The predicted octanol–water partition coefficient (Wildman–Crippen LogP) is 1.47. The fourth-order valence-electron chi connectivity index (χ4n) is 3.01. The SMILES string of the molecule is CC(C)CC1(CNCCS(N)(=O)=O)CCCC1. The fourth-order valence-corrected chi connectivity index (χ4v) is 3.44. The first-order valence-electron chi connectivity index (χ1n) is 6.54. The molecule has 0 aromatic heterocycles. The molecular formula is C12H26N2O2S. The molecule has 0 aliphatic heterocycles. The van der Waals surface area contributed by atoms with Gasteiger partial charge in [0.05, 0.1) is 5.75 Å². The van der Waals surface area contributed by atoms with Crippen molar-refractivity contribution < 1.29 is 8.42 Å². The molecule has 1 rings (SSSR count). The second kappa shape index (κ2) is 6.16. The van der Waals surface area contributed by atoms with E-state index in [0.29, 0.717) is 17.9 Å². The van der Waals surface area contributed by atoms with E-state index in [1.54, 1.807) is 0 Å². The maximum atomic E-state index is 10.8. The Morgan fingerprint density at radius 2 is 1.88 bits per heavy atom. The molecular weight excluding hydrogens is 236 g/mol. The molecule has 0 aromatic rings. The molecule has 4 nitrogen and oxygen atoms in total. The van der Waals surface area contributed by atoms with E-state index in [-0.39, 0.29) is 5.75 Å². The van der Waals surface area contributed by atoms with Gasteiger partial charge in [0.25, 0.3) is 0 Å². The highest BCUT2D eigenvalue weighted by atomic mass is 32.2. The Morgan fingerprint density at radius 1 is 1.29 bits per heavy atom. The van der Waals surface area contributed by atoms with Gasteiger partial charge in [0.15, 0.2) is 0 Å². The van der Waals surface area contributed by atoms with Crippen LogP contribution in [0.5, 0.6) is 0 Å². The molecule has 0 aromatic carbocycles. The number of primary sulfonamides is 1. The minimum Gasteiger partial charge on any atom is -0.315 e. The minimum atomic E-state index is -3.33. The largest absolute Gasteiger partial charge is 0.315 e. The number of sulfonamides is 1. The lowest BCUT2D eigenvalue weighted by molar-refractivity contribution is 0.226. The van der Waals surface area contributed by atoms with Gasteiger partial charge in [-0.15, -0.1) is 0 Å². The van der Waals surface area contributed by atoms with Gasteiger partial charge in [0.2, 0.25) is 10.0 Å². The van der Waals surface area contributed by atoms with Crippen LogP contribution in [0.25, 0.3) is 0 Å². The number of hydrogen-bond acceptors (Lipinski definition) is 3. The number of hydrogen-bond donors (Lipinski definition) is 2. The highest BCUT2D eigenvalue weighted by Gasteiger charge is 2.33. The van der Waals surface area contributed by atoms with Gasteiger partial charge in [0, 0.05) is 13.1 Å². The molecule has 0 spiro atoms. The van der Waals surface area contributed by atoms with Crippen LogP contribution in [0.2, 0.25) is 0 Å². The first-order chi connectivity index (χ1) is 7.83. The topological polar surface area (TPSA) is 72.2 Å². The van der Waals surface area contributed by atoms with Gasteiger partial charge in [0.1, 0.15) is 0 Å². The van der Waals surface area contributed by atoms with E-state index >= 15 is 0 Å². The summed E-state index contributed by atoms with van der Waals surface area (Å²) in [6.07, 6.45) is 6.39. The normalized spacial score (nSPS) is 20.0. The Kier molecular flexibility index (Phi) is 5.41. The van der Waals surface area contributed by atoms with Crippen molar-refractivity contribution in [3.8, 4) is 0 Å². The van der Waals surface area contributed by atoms with Crippen molar-refractivity contribution in [2.45, 2.75) is 46.0 Å². The van der Waals surface area contributed by atoms with E-state index in [2.05, 4.69) is 19.2 Å². The van der Waals surface area contributed by atoms with Crippen LogP contribution in [0, 0.1) is 11.3 Å². The van der Waals surface area contributed by atoms with Crippen molar-refractivity contribution in [3.05, 3.63) is 0 Å². The molecule has 0 unspecified atom stereocenters. The lowest BCUT2D eigenvalue weighted by Crippen LogP contribution is -2.36. The van der Waals surface area contributed by atoms with E-state index in [1.807, 2.05) is 0 Å². The van der Waals surface area contributed by atoms with Gasteiger partial charge in [-0.1, -0.05) is 26.7 Å². The Bertz CT molecular complexity index is 319. The van der Waals surface area contributed by atoms with Crippen LogP contribution < -0.4 is 10.5 Å². The molecule has 1 aliphatic rings.